The van der Waals surface area contributed by atoms with Gasteiger partial charge in [-0.05, 0) is 63.1 Å². The zero-order valence-corrected chi connectivity index (χ0v) is 15.2. The van der Waals surface area contributed by atoms with Crippen LogP contribution in [0.2, 0.25) is 0 Å². The molecule has 1 aliphatic carbocycles. The quantitative estimate of drug-likeness (QED) is 0.794. The number of benzene rings is 1. The number of carbonyl (C=O) groups excluding carboxylic acids is 1. The molecule has 6 heteroatoms. The number of likely N-dealkylation sites (tertiary alicyclic amines) is 1. The minimum absolute atomic E-state index is 0.212. The Kier molecular flexibility index (Phi) is 4.55. The summed E-state index contributed by atoms with van der Waals surface area (Å²) in [5.41, 5.74) is 6.25. The van der Waals surface area contributed by atoms with Crippen molar-refractivity contribution in [3.8, 4) is 0 Å². The summed E-state index contributed by atoms with van der Waals surface area (Å²) >= 11 is 0. The van der Waals surface area contributed by atoms with Gasteiger partial charge in [0.05, 0.1) is 17.2 Å². The number of halogens is 1. The summed E-state index contributed by atoms with van der Waals surface area (Å²) in [6.45, 7) is 2.14. The molecule has 142 valence electrons. The Morgan fingerprint density at radius 1 is 1.15 bits per heavy atom. The van der Waals surface area contributed by atoms with E-state index in [1.165, 1.54) is 6.07 Å². The molecule has 4 rings (SSSR count). The second kappa shape index (κ2) is 6.72. The Hall–Kier alpha value is -1.82. The molecule has 3 aliphatic rings. The number of aliphatic hydroxyl groups is 1. The van der Waals surface area contributed by atoms with Crippen LogP contribution >= 0.6 is 0 Å². The number of hydrogen-bond acceptors (Lipinski definition) is 4. The molecule has 2 heterocycles. The number of nitrogens with two attached hydrogens (primary N) is 1. The van der Waals surface area contributed by atoms with E-state index in [0.29, 0.717) is 17.9 Å². The van der Waals surface area contributed by atoms with Crippen LogP contribution in [0.3, 0.4) is 0 Å². The maximum Gasteiger partial charge on any atom is 0.230 e. The van der Waals surface area contributed by atoms with Crippen LogP contribution in [0.15, 0.2) is 18.2 Å². The Balaban J connectivity index is 1.50. The number of hydrogen-bond donors (Lipinski definition) is 2. The van der Waals surface area contributed by atoms with E-state index in [0.717, 1.165) is 58.0 Å². The molecule has 2 saturated heterocycles. The van der Waals surface area contributed by atoms with E-state index < -0.39 is 0 Å². The smallest absolute Gasteiger partial charge is 0.230 e. The summed E-state index contributed by atoms with van der Waals surface area (Å²) in [4.78, 5) is 17.4. The first-order valence-electron chi connectivity index (χ1n) is 9.78. The molecule has 1 amide bonds. The van der Waals surface area contributed by atoms with Crippen LogP contribution in [0.1, 0.15) is 44.9 Å². The highest BCUT2D eigenvalue weighted by Gasteiger charge is 2.50. The van der Waals surface area contributed by atoms with Gasteiger partial charge < -0.3 is 20.6 Å². The molecule has 5 nitrogen and oxygen atoms in total. The van der Waals surface area contributed by atoms with E-state index in [1.54, 1.807) is 12.1 Å². The summed E-state index contributed by atoms with van der Waals surface area (Å²) in [6, 6.07) is 5.06. The largest absolute Gasteiger partial charge is 0.399 e. The van der Waals surface area contributed by atoms with Crippen molar-refractivity contribution in [1.29, 1.82) is 0 Å². The first-order chi connectivity index (χ1) is 12.5. The third kappa shape index (κ3) is 3.04. The Bertz CT molecular complexity index is 690. The van der Waals surface area contributed by atoms with Gasteiger partial charge in [0.1, 0.15) is 5.82 Å². The molecule has 3 fully saturated rings. The SMILES string of the molecule is Nc1ccc(N2CCC[C@]3(CCN(C4CCC(O)CC4)C3=O)C2)c(F)c1. The van der Waals surface area contributed by atoms with Crippen molar-refractivity contribution < 1.29 is 14.3 Å². The van der Waals surface area contributed by atoms with Crippen LogP contribution in [-0.4, -0.2) is 47.7 Å². The highest BCUT2D eigenvalue weighted by molar-refractivity contribution is 5.86. The Labute approximate surface area is 154 Å². The molecule has 0 aromatic heterocycles. The molecule has 1 spiro atoms. The van der Waals surface area contributed by atoms with Crippen molar-refractivity contribution in [2.24, 2.45) is 5.41 Å². The van der Waals surface area contributed by atoms with E-state index in [-0.39, 0.29) is 29.3 Å². The van der Waals surface area contributed by atoms with Crippen molar-refractivity contribution >= 4 is 17.3 Å². The maximum atomic E-state index is 14.4. The van der Waals surface area contributed by atoms with Crippen LogP contribution in [0.4, 0.5) is 15.8 Å². The summed E-state index contributed by atoms with van der Waals surface area (Å²) in [7, 11) is 0. The van der Waals surface area contributed by atoms with E-state index in [2.05, 4.69) is 4.90 Å². The number of nitrogen functional groups attached to an aromatic ring is 1. The number of nitrogens with zero attached hydrogens (tertiary/aromatic N) is 2. The van der Waals surface area contributed by atoms with Gasteiger partial charge >= 0.3 is 0 Å². The topological polar surface area (TPSA) is 69.8 Å². The Morgan fingerprint density at radius 2 is 1.92 bits per heavy atom. The highest BCUT2D eigenvalue weighted by atomic mass is 19.1. The lowest BCUT2D eigenvalue weighted by atomic mass is 9.78. The summed E-state index contributed by atoms with van der Waals surface area (Å²) in [5, 5.41) is 9.73. The maximum absolute atomic E-state index is 14.4. The molecular formula is C20H28FN3O2. The molecule has 26 heavy (non-hydrogen) atoms. The van der Waals surface area contributed by atoms with Gasteiger partial charge in [-0.2, -0.15) is 0 Å². The molecule has 1 atom stereocenters. The van der Waals surface area contributed by atoms with Crippen molar-refractivity contribution in [3.05, 3.63) is 24.0 Å². The van der Waals surface area contributed by atoms with Crippen LogP contribution in [0, 0.1) is 11.2 Å². The number of piperidine rings is 1. The fourth-order valence-electron chi connectivity index (χ4n) is 5.06. The van der Waals surface area contributed by atoms with Gasteiger partial charge in [-0.3, -0.25) is 4.79 Å². The van der Waals surface area contributed by atoms with E-state index in [4.69, 9.17) is 5.73 Å². The van der Waals surface area contributed by atoms with Gasteiger partial charge in [0, 0.05) is 31.4 Å². The molecule has 3 N–H and O–H groups in total. The minimum atomic E-state index is -0.387. The molecule has 0 radical (unpaired) electrons. The van der Waals surface area contributed by atoms with E-state index >= 15 is 0 Å². The number of carbonyl (C=O) groups is 1. The van der Waals surface area contributed by atoms with Gasteiger partial charge in [0.15, 0.2) is 0 Å². The molecule has 1 aromatic rings. The third-order valence-electron chi connectivity index (χ3n) is 6.54. The van der Waals surface area contributed by atoms with Crippen LogP contribution < -0.4 is 10.6 Å². The second-order valence-corrected chi connectivity index (χ2v) is 8.23. The molecule has 1 saturated carbocycles. The van der Waals surface area contributed by atoms with Gasteiger partial charge in [0.2, 0.25) is 5.91 Å². The van der Waals surface area contributed by atoms with Crippen molar-refractivity contribution in [3.63, 3.8) is 0 Å². The van der Waals surface area contributed by atoms with E-state index in [9.17, 15) is 14.3 Å². The van der Waals surface area contributed by atoms with Crippen LogP contribution in [0.25, 0.3) is 0 Å². The summed E-state index contributed by atoms with van der Waals surface area (Å²) in [5.74, 6) is -0.0786. The van der Waals surface area contributed by atoms with Crippen molar-refractivity contribution in [2.75, 3.05) is 30.3 Å². The number of anilines is 2. The first kappa shape index (κ1) is 17.6. The zero-order valence-electron chi connectivity index (χ0n) is 15.2. The number of aliphatic hydroxyl groups excluding tert-OH is 1. The average Bonchev–Trinajstić information content (AvgIpc) is 2.92. The average molecular weight is 361 g/mol. The van der Waals surface area contributed by atoms with Gasteiger partial charge in [-0.1, -0.05) is 0 Å². The van der Waals surface area contributed by atoms with Gasteiger partial charge in [-0.25, -0.2) is 4.39 Å². The first-order valence-corrected chi connectivity index (χ1v) is 9.78. The predicted molar refractivity (Wildman–Crippen MR) is 99.3 cm³/mol. The predicted octanol–water partition coefficient (Wildman–Crippen LogP) is 2.53. The van der Waals surface area contributed by atoms with E-state index in [1.807, 2.05) is 4.90 Å². The lowest BCUT2D eigenvalue weighted by Gasteiger charge is -2.41. The third-order valence-corrected chi connectivity index (χ3v) is 6.54. The Morgan fingerprint density at radius 3 is 2.65 bits per heavy atom. The molecule has 2 aliphatic heterocycles. The molecule has 0 unspecified atom stereocenters. The summed E-state index contributed by atoms with van der Waals surface area (Å²) < 4.78 is 14.4. The van der Waals surface area contributed by atoms with Crippen LogP contribution in [-0.2, 0) is 4.79 Å². The van der Waals surface area contributed by atoms with Gasteiger partial charge in [0.25, 0.3) is 0 Å². The summed E-state index contributed by atoms with van der Waals surface area (Å²) in [6.07, 6.45) is 5.75. The van der Waals surface area contributed by atoms with Gasteiger partial charge in [-0.15, -0.1) is 0 Å². The standard InChI is InChI=1S/C20H28FN3O2/c21-17-12-14(22)2-7-18(17)23-10-1-8-20(13-23)9-11-24(19(20)26)15-3-5-16(25)6-4-15/h2,7,12,15-16,25H,1,3-6,8-11,13,22H2/t15?,16?,20-/m0/s1. The second-order valence-electron chi connectivity index (χ2n) is 8.23. The van der Waals surface area contributed by atoms with Crippen molar-refractivity contribution in [2.45, 2.75) is 57.1 Å². The van der Waals surface area contributed by atoms with Crippen molar-refractivity contribution in [1.82, 2.24) is 4.90 Å². The molecular weight excluding hydrogens is 333 g/mol. The lowest BCUT2D eigenvalue weighted by molar-refractivity contribution is -0.139. The highest BCUT2D eigenvalue weighted by Crippen LogP contribution is 2.43. The normalized spacial score (nSPS) is 32.5. The number of amides is 1. The lowest BCUT2D eigenvalue weighted by Crippen LogP contribution is -2.50. The fourth-order valence-corrected chi connectivity index (χ4v) is 5.06. The fraction of sp³-hybridized carbons (Fsp3) is 0.650. The monoisotopic (exact) mass is 361 g/mol. The molecule has 0 bridgehead atoms. The zero-order chi connectivity index (χ0) is 18.3. The molecule has 1 aromatic carbocycles. The minimum Gasteiger partial charge on any atom is -0.399 e. The van der Waals surface area contributed by atoms with Crippen LogP contribution in [0.5, 0.6) is 0 Å². The number of rotatable bonds is 2.